The summed E-state index contributed by atoms with van der Waals surface area (Å²) in [4.78, 5) is 33.1. The van der Waals surface area contributed by atoms with Crippen molar-refractivity contribution < 1.29 is 4.79 Å². The van der Waals surface area contributed by atoms with Crippen molar-refractivity contribution in [3.8, 4) is 0 Å². The van der Waals surface area contributed by atoms with E-state index in [1.165, 1.54) is 4.88 Å². The molecule has 0 bridgehead atoms. The maximum atomic E-state index is 12.7. The minimum absolute atomic E-state index is 0.00942. The summed E-state index contributed by atoms with van der Waals surface area (Å²) in [7, 11) is 4.01. The van der Waals surface area contributed by atoms with E-state index in [9.17, 15) is 9.59 Å². The lowest BCUT2D eigenvalue weighted by atomic mass is 10.1. The third-order valence-electron chi connectivity index (χ3n) is 5.03. The average Bonchev–Trinajstić information content (AvgIpc) is 3.33. The van der Waals surface area contributed by atoms with Crippen LogP contribution in [0.3, 0.4) is 0 Å². The molecule has 0 saturated carbocycles. The van der Waals surface area contributed by atoms with Crippen LogP contribution in [0.2, 0.25) is 0 Å². The quantitative estimate of drug-likeness (QED) is 0.736. The molecule has 6 nitrogen and oxygen atoms in total. The summed E-state index contributed by atoms with van der Waals surface area (Å²) in [6, 6.07) is 9.37. The van der Waals surface area contributed by atoms with E-state index in [-0.39, 0.29) is 17.5 Å². The molecule has 3 aromatic rings. The van der Waals surface area contributed by atoms with Crippen LogP contribution in [0.1, 0.15) is 33.5 Å². The molecule has 1 aliphatic heterocycles. The predicted octanol–water partition coefficient (Wildman–Crippen LogP) is 2.44. The molecule has 1 aromatic carbocycles. The number of fused-ring (bicyclic) bond motifs is 2. The number of amides is 1. The second-order valence-corrected chi connectivity index (χ2v) is 8.00. The van der Waals surface area contributed by atoms with E-state index >= 15 is 0 Å². The summed E-state index contributed by atoms with van der Waals surface area (Å²) in [5.74, 6) is 0.665. The number of carbonyl (C=O) groups excluding carboxylic acids is 1. The highest BCUT2D eigenvalue weighted by Gasteiger charge is 2.19. The molecule has 0 radical (unpaired) electrons. The Kier molecular flexibility index (Phi) is 4.80. The topological polar surface area (TPSA) is 67.2 Å². The standard InChI is InChI=1S/C20H22N4O2S/c1-23(2)16(17-5-4-10-27-17)12-21-19(25)13-7-8-14-15(11-13)22-18-6-3-9-24(18)20(14)26/h4-5,7-8,10-11,16H,3,6,9,12H2,1-2H3,(H,21,25)/t16-/m0/s1. The number of thiophene rings is 1. The third kappa shape index (κ3) is 3.40. The first-order valence-electron chi connectivity index (χ1n) is 9.06. The van der Waals surface area contributed by atoms with Crippen LogP contribution in [0.15, 0.2) is 40.5 Å². The lowest BCUT2D eigenvalue weighted by Gasteiger charge is -2.23. The maximum Gasteiger partial charge on any atom is 0.261 e. The minimum atomic E-state index is -0.150. The molecule has 0 fully saturated rings. The summed E-state index contributed by atoms with van der Waals surface area (Å²) < 4.78 is 1.74. The van der Waals surface area contributed by atoms with Crippen molar-refractivity contribution in [1.29, 1.82) is 0 Å². The molecule has 0 unspecified atom stereocenters. The molecule has 27 heavy (non-hydrogen) atoms. The van der Waals surface area contributed by atoms with Gasteiger partial charge in [-0.25, -0.2) is 4.98 Å². The predicted molar refractivity (Wildman–Crippen MR) is 107 cm³/mol. The van der Waals surface area contributed by atoms with E-state index in [0.29, 0.717) is 23.0 Å². The highest BCUT2D eigenvalue weighted by Crippen LogP contribution is 2.22. The van der Waals surface area contributed by atoms with Gasteiger partial charge in [0.1, 0.15) is 5.82 Å². The van der Waals surface area contributed by atoms with Crippen LogP contribution in [0.4, 0.5) is 0 Å². The van der Waals surface area contributed by atoms with Gasteiger partial charge in [-0.15, -0.1) is 11.3 Å². The molecule has 140 valence electrons. The van der Waals surface area contributed by atoms with Gasteiger partial charge < -0.3 is 10.2 Å². The zero-order valence-corrected chi connectivity index (χ0v) is 16.3. The van der Waals surface area contributed by atoms with Gasteiger partial charge in [0.25, 0.3) is 11.5 Å². The number of nitrogens with zero attached hydrogens (tertiary/aromatic N) is 3. The largest absolute Gasteiger partial charge is 0.350 e. The first-order chi connectivity index (χ1) is 13.0. The van der Waals surface area contributed by atoms with Crippen molar-refractivity contribution in [3.63, 3.8) is 0 Å². The minimum Gasteiger partial charge on any atom is -0.350 e. The Hall–Kier alpha value is -2.51. The van der Waals surface area contributed by atoms with Crippen LogP contribution in [-0.4, -0.2) is 41.0 Å². The molecule has 0 aliphatic carbocycles. The van der Waals surface area contributed by atoms with Crippen LogP contribution < -0.4 is 10.9 Å². The second kappa shape index (κ2) is 7.25. The highest BCUT2D eigenvalue weighted by atomic mass is 32.1. The Bertz CT molecular complexity index is 1040. The van der Waals surface area contributed by atoms with Crippen LogP contribution in [0.25, 0.3) is 10.9 Å². The fourth-order valence-corrected chi connectivity index (χ4v) is 4.46. The van der Waals surface area contributed by atoms with Gasteiger partial charge >= 0.3 is 0 Å². The van der Waals surface area contributed by atoms with E-state index < -0.39 is 0 Å². The zero-order valence-electron chi connectivity index (χ0n) is 15.4. The first-order valence-corrected chi connectivity index (χ1v) is 9.94. The average molecular weight is 382 g/mol. The summed E-state index contributed by atoms with van der Waals surface area (Å²) in [5, 5.41) is 5.63. The number of benzene rings is 1. The van der Waals surface area contributed by atoms with Crippen molar-refractivity contribution in [3.05, 3.63) is 62.3 Å². The molecular weight excluding hydrogens is 360 g/mol. The Morgan fingerprint density at radius 1 is 1.37 bits per heavy atom. The fraction of sp³-hybridized carbons (Fsp3) is 0.350. The lowest BCUT2D eigenvalue weighted by molar-refractivity contribution is 0.0942. The molecular formula is C20H22N4O2S. The molecule has 2 aromatic heterocycles. The Morgan fingerprint density at radius 3 is 2.96 bits per heavy atom. The molecule has 1 amide bonds. The first kappa shape index (κ1) is 17.9. The van der Waals surface area contributed by atoms with Gasteiger partial charge in [0, 0.05) is 30.0 Å². The van der Waals surface area contributed by atoms with Gasteiger partial charge in [0.15, 0.2) is 0 Å². The maximum absolute atomic E-state index is 12.7. The van der Waals surface area contributed by atoms with Crippen molar-refractivity contribution in [1.82, 2.24) is 19.8 Å². The normalized spacial score (nSPS) is 14.5. The van der Waals surface area contributed by atoms with Crippen LogP contribution in [0, 0.1) is 0 Å². The van der Waals surface area contributed by atoms with Gasteiger partial charge in [0.05, 0.1) is 16.9 Å². The summed E-state index contributed by atoms with van der Waals surface area (Å²) in [5.41, 5.74) is 1.12. The van der Waals surface area contributed by atoms with E-state index in [4.69, 9.17) is 0 Å². The third-order valence-corrected chi connectivity index (χ3v) is 6.00. The number of hydrogen-bond acceptors (Lipinski definition) is 5. The number of likely N-dealkylation sites (N-methyl/N-ethyl adjacent to an activating group) is 1. The number of aryl methyl sites for hydroxylation is 1. The number of hydrogen-bond donors (Lipinski definition) is 1. The van der Waals surface area contributed by atoms with Crippen LogP contribution >= 0.6 is 11.3 Å². The van der Waals surface area contributed by atoms with E-state index in [2.05, 4.69) is 21.3 Å². The summed E-state index contributed by atoms with van der Waals surface area (Å²) in [6.45, 7) is 1.25. The van der Waals surface area contributed by atoms with Gasteiger partial charge in [-0.2, -0.15) is 0 Å². The van der Waals surface area contributed by atoms with E-state index in [1.54, 1.807) is 34.1 Å². The smallest absolute Gasteiger partial charge is 0.261 e. The lowest BCUT2D eigenvalue weighted by Crippen LogP contribution is -2.34. The molecule has 0 saturated heterocycles. The van der Waals surface area contributed by atoms with Crippen molar-refractivity contribution in [2.45, 2.75) is 25.4 Å². The molecule has 7 heteroatoms. The van der Waals surface area contributed by atoms with Gasteiger partial charge in [-0.05, 0) is 50.2 Å². The van der Waals surface area contributed by atoms with Crippen LogP contribution in [0.5, 0.6) is 0 Å². The number of carbonyl (C=O) groups is 1. The molecule has 3 heterocycles. The van der Waals surface area contributed by atoms with Crippen molar-refractivity contribution in [2.75, 3.05) is 20.6 Å². The molecule has 4 rings (SSSR count). The second-order valence-electron chi connectivity index (χ2n) is 7.03. The van der Waals surface area contributed by atoms with Gasteiger partial charge in [-0.3, -0.25) is 14.2 Å². The molecule has 1 N–H and O–H groups in total. The fourth-order valence-electron chi connectivity index (χ4n) is 3.53. The van der Waals surface area contributed by atoms with Crippen molar-refractivity contribution in [2.24, 2.45) is 0 Å². The van der Waals surface area contributed by atoms with E-state index in [1.807, 2.05) is 25.5 Å². The number of aromatic nitrogens is 2. The van der Waals surface area contributed by atoms with Gasteiger partial charge in [0.2, 0.25) is 0 Å². The zero-order chi connectivity index (χ0) is 19.0. The molecule has 1 atom stereocenters. The van der Waals surface area contributed by atoms with Crippen molar-refractivity contribution >= 4 is 28.1 Å². The Labute approximate surface area is 161 Å². The van der Waals surface area contributed by atoms with E-state index in [0.717, 1.165) is 25.2 Å². The molecule has 0 spiro atoms. The van der Waals surface area contributed by atoms with Gasteiger partial charge in [-0.1, -0.05) is 6.07 Å². The highest BCUT2D eigenvalue weighted by molar-refractivity contribution is 7.10. The summed E-state index contributed by atoms with van der Waals surface area (Å²) >= 11 is 1.68. The summed E-state index contributed by atoms with van der Waals surface area (Å²) in [6.07, 6.45) is 1.76. The monoisotopic (exact) mass is 382 g/mol. The number of nitrogens with one attached hydrogen (secondary N) is 1. The van der Waals surface area contributed by atoms with Crippen LogP contribution in [-0.2, 0) is 13.0 Å². The molecule has 1 aliphatic rings. The Balaban J connectivity index is 1.56. The SMILES string of the molecule is CN(C)[C@@H](CNC(=O)c1ccc2c(=O)n3c(nc2c1)CCC3)c1cccs1. The Morgan fingerprint density at radius 2 is 2.22 bits per heavy atom. The number of rotatable bonds is 5.